The van der Waals surface area contributed by atoms with Crippen molar-refractivity contribution in [3.63, 3.8) is 0 Å². The molecule has 0 aliphatic carbocycles. The Kier molecular flexibility index (Phi) is 6.06. The van der Waals surface area contributed by atoms with E-state index in [1.807, 2.05) is 24.3 Å². The third kappa shape index (κ3) is 4.21. The minimum absolute atomic E-state index is 0.00996. The summed E-state index contributed by atoms with van der Waals surface area (Å²) in [6.07, 6.45) is 0.483. The van der Waals surface area contributed by atoms with Crippen LogP contribution in [-0.2, 0) is 22.6 Å². The first kappa shape index (κ1) is 20.0. The molecule has 0 saturated heterocycles. The Morgan fingerprint density at radius 2 is 1.86 bits per heavy atom. The molecule has 7 nitrogen and oxygen atoms in total. The molecule has 3 rings (SSSR count). The Morgan fingerprint density at radius 3 is 2.50 bits per heavy atom. The fraction of sp³-hybridized carbons (Fsp3) is 0.300. The molecule has 1 aliphatic rings. The second-order valence-corrected chi connectivity index (χ2v) is 6.94. The number of ether oxygens (including phenoxy) is 2. The van der Waals surface area contributed by atoms with Crippen LogP contribution in [0, 0.1) is 0 Å². The van der Waals surface area contributed by atoms with Crippen molar-refractivity contribution in [2.45, 2.75) is 19.0 Å². The third-order valence-electron chi connectivity index (χ3n) is 4.77. The van der Waals surface area contributed by atoms with Crippen LogP contribution in [0.15, 0.2) is 36.4 Å². The number of methoxy groups -OCH3 is 2. The van der Waals surface area contributed by atoms with E-state index in [1.165, 1.54) is 14.2 Å². The standard InChI is InChI=1S/C20H22ClN3O4/c1-27-17-9-15(18(28-2)8-14(17)21)23-19(25)11-24-10-13-6-4-3-5-12(13)7-16(24)20(22)26/h3-6,8-9,16H,7,10-11H2,1-2H3,(H2,22,26)(H,23,25). The van der Waals surface area contributed by atoms with Gasteiger partial charge in [0.2, 0.25) is 11.8 Å². The summed E-state index contributed by atoms with van der Waals surface area (Å²) >= 11 is 6.10. The lowest BCUT2D eigenvalue weighted by atomic mass is 9.93. The molecule has 0 fully saturated rings. The number of nitrogens with two attached hydrogens (primary N) is 1. The predicted octanol–water partition coefficient (Wildman–Crippen LogP) is 2.21. The number of benzene rings is 2. The van der Waals surface area contributed by atoms with E-state index in [2.05, 4.69) is 5.32 Å². The second kappa shape index (κ2) is 8.50. The number of nitrogens with one attached hydrogen (secondary N) is 1. The molecular weight excluding hydrogens is 382 g/mol. The van der Waals surface area contributed by atoms with Gasteiger partial charge in [-0.1, -0.05) is 35.9 Å². The third-order valence-corrected chi connectivity index (χ3v) is 5.06. The summed E-state index contributed by atoms with van der Waals surface area (Å²) < 4.78 is 10.5. The number of hydrogen-bond donors (Lipinski definition) is 2. The zero-order valence-electron chi connectivity index (χ0n) is 15.7. The summed E-state index contributed by atoms with van der Waals surface area (Å²) in [5, 5.41) is 3.17. The van der Waals surface area contributed by atoms with Gasteiger partial charge in [0.05, 0.1) is 37.5 Å². The molecule has 1 aliphatic heterocycles. The normalized spacial score (nSPS) is 16.2. The zero-order valence-corrected chi connectivity index (χ0v) is 16.5. The first-order valence-electron chi connectivity index (χ1n) is 8.74. The summed E-state index contributed by atoms with van der Waals surface area (Å²) in [5.41, 5.74) is 8.17. The number of fused-ring (bicyclic) bond motifs is 1. The molecule has 0 bridgehead atoms. The van der Waals surface area contributed by atoms with Crippen LogP contribution in [0.2, 0.25) is 5.02 Å². The van der Waals surface area contributed by atoms with Gasteiger partial charge in [-0.05, 0) is 17.5 Å². The van der Waals surface area contributed by atoms with E-state index in [1.54, 1.807) is 17.0 Å². The van der Waals surface area contributed by atoms with Crippen molar-refractivity contribution in [3.8, 4) is 11.5 Å². The highest BCUT2D eigenvalue weighted by Gasteiger charge is 2.31. The molecule has 2 amide bonds. The molecular formula is C20H22ClN3O4. The molecule has 1 unspecified atom stereocenters. The minimum Gasteiger partial charge on any atom is -0.495 e. The number of carbonyl (C=O) groups excluding carboxylic acids is 2. The van der Waals surface area contributed by atoms with Crippen LogP contribution in [0.1, 0.15) is 11.1 Å². The fourth-order valence-corrected chi connectivity index (χ4v) is 3.59. The Bertz CT molecular complexity index is 903. The van der Waals surface area contributed by atoms with Crippen LogP contribution < -0.4 is 20.5 Å². The van der Waals surface area contributed by atoms with Gasteiger partial charge in [-0.2, -0.15) is 0 Å². The number of rotatable bonds is 6. The van der Waals surface area contributed by atoms with E-state index < -0.39 is 11.9 Å². The van der Waals surface area contributed by atoms with Crippen molar-refractivity contribution in [2.75, 3.05) is 26.1 Å². The molecule has 8 heteroatoms. The average molecular weight is 404 g/mol. The first-order valence-corrected chi connectivity index (χ1v) is 9.12. The molecule has 1 atom stereocenters. The highest BCUT2D eigenvalue weighted by Crippen LogP contribution is 2.36. The maximum Gasteiger partial charge on any atom is 0.238 e. The number of primary amides is 1. The molecule has 3 N–H and O–H groups in total. The Balaban J connectivity index is 1.78. The molecule has 2 aromatic carbocycles. The van der Waals surface area contributed by atoms with Crippen LogP contribution in [0.25, 0.3) is 0 Å². The van der Waals surface area contributed by atoms with Gasteiger partial charge in [-0.25, -0.2) is 0 Å². The van der Waals surface area contributed by atoms with Gasteiger partial charge in [0.15, 0.2) is 0 Å². The smallest absolute Gasteiger partial charge is 0.238 e. The Hall–Kier alpha value is -2.77. The van der Waals surface area contributed by atoms with E-state index in [4.69, 9.17) is 26.8 Å². The van der Waals surface area contributed by atoms with Gasteiger partial charge in [0.25, 0.3) is 0 Å². The summed E-state index contributed by atoms with van der Waals surface area (Å²) in [5.74, 6) is 0.0793. The van der Waals surface area contributed by atoms with E-state index in [9.17, 15) is 9.59 Å². The second-order valence-electron chi connectivity index (χ2n) is 6.53. The van der Waals surface area contributed by atoms with Gasteiger partial charge in [0.1, 0.15) is 11.5 Å². The molecule has 0 saturated carbocycles. The van der Waals surface area contributed by atoms with E-state index in [-0.39, 0.29) is 12.5 Å². The van der Waals surface area contributed by atoms with Gasteiger partial charge >= 0.3 is 0 Å². The molecule has 0 spiro atoms. The molecule has 0 aromatic heterocycles. The van der Waals surface area contributed by atoms with Crippen LogP contribution in [-0.4, -0.2) is 43.5 Å². The van der Waals surface area contributed by atoms with Crippen molar-refractivity contribution < 1.29 is 19.1 Å². The number of halogens is 1. The number of anilines is 1. The van der Waals surface area contributed by atoms with E-state index in [0.717, 1.165) is 11.1 Å². The average Bonchev–Trinajstić information content (AvgIpc) is 2.68. The molecule has 0 radical (unpaired) electrons. The van der Waals surface area contributed by atoms with Crippen LogP contribution >= 0.6 is 11.6 Å². The topological polar surface area (TPSA) is 93.9 Å². The summed E-state index contributed by atoms with van der Waals surface area (Å²) in [4.78, 5) is 26.4. The molecule has 148 valence electrons. The van der Waals surface area contributed by atoms with Crippen LogP contribution in [0.4, 0.5) is 5.69 Å². The van der Waals surface area contributed by atoms with Crippen molar-refractivity contribution in [3.05, 3.63) is 52.5 Å². The van der Waals surface area contributed by atoms with Gasteiger partial charge in [-0.15, -0.1) is 0 Å². The number of hydrogen-bond acceptors (Lipinski definition) is 5. The summed E-state index contributed by atoms with van der Waals surface area (Å²) in [6, 6.07) is 10.5. The summed E-state index contributed by atoms with van der Waals surface area (Å²) in [6.45, 7) is 0.480. The van der Waals surface area contributed by atoms with Crippen LogP contribution in [0.3, 0.4) is 0 Å². The maximum atomic E-state index is 12.7. The van der Waals surface area contributed by atoms with Crippen molar-refractivity contribution >= 4 is 29.1 Å². The van der Waals surface area contributed by atoms with Crippen molar-refractivity contribution in [1.82, 2.24) is 4.90 Å². The molecule has 2 aromatic rings. The quantitative estimate of drug-likeness (QED) is 0.771. The van der Waals surface area contributed by atoms with Crippen LogP contribution in [0.5, 0.6) is 11.5 Å². The highest BCUT2D eigenvalue weighted by atomic mass is 35.5. The van der Waals surface area contributed by atoms with E-state index in [0.29, 0.717) is 35.2 Å². The Labute approximate surface area is 168 Å². The maximum absolute atomic E-state index is 12.7. The molecule has 28 heavy (non-hydrogen) atoms. The Morgan fingerprint density at radius 1 is 1.18 bits per heavy atom. The lowest BCUT2D eigenvalue weighted by molar-refractivity contribution is -0.125. The number of amides is 2. The van der Waals surface area contributed by atoms with Crippen molar-refractivity contribution in [2.24, 2.45) is 5.73 Å². The minimum atomic E-state index is -0.540. The van der Waals surface area contributed by atoms with Gasteiger partial charge in [-0.3, -0.25) is 14.5 Å². The predicted molar refractivity (Wildman–Crippen MR) is 107 cm³/mol. The monoisotopic (exact) mass is 403 g/mol. The fourth-order valence-electron chi connectivity index (χ4n) is 3.36. The van der Waals surface area contributed by atoms with Crippen molar-refractivity contribution in [1.29, 1.82) is 0 Å². The molecule has 1 heterocycles. The summed E-state index contributed by atoms with van der Waals surface area (Å²) in [7, 11) is 2.97. The zero-order chi connectivity index (χ0) is 20.3. The number of nitrogens with zero attached hydrogens (tertiary/aromatic N) is 1. The highest BCUT2D eigenvalue weighted by molar-refractivity contribution is 6.32. The van der Waals surface area contributed by atoms with E-state index >= 15 is 0 Å². The number of carbonyl (C=O) groups is 2. The first-order chi connectivity index (χ1) is 13.4. The lowest BCUT2D eigenvalue weighted by Crippen LogP contribution is -2.50. The lowest BCUT2D eigenvalue weighted by Gasteiger charge is -2.34. The van der Waals surface area contributed by atoms with Gasteiger partial charge in [0, 0.05) is 18.7 Å². The SMILES string of the molecule is COc1cc(NC(=O)CN2Cc3ccccc3CC2C(N)=O)c(OC)cc1Cl. The largest absolute Gasteiger partial charge is 0.495 e. The van der Waals surface area contributed by atoms with Gasteiger partial charge < -0.3 is 20.5 Å².